The Morgan fingerprint density at radius 3 is 2.22 bits per heavy atom. The summed E-state index contributed by atoms with van der Waals surface area (Å²) in [5.41, 5.74) is 4.98. The van der Waals surface area contributed by atoms with Gasteiger partial charge in [0.05, 0.1) is 6.54 Å². The van der Waals surface area contributed by atoms with E-state index >= 15 is 0 Å². The van der Waals surface area contributed by atoms with Crippen molar-refractivity contribution in [3.63, 3.8) is 0 Å². The molecule has 1 aromatic carbocycles. The molecular weight excluding hydrogens is 635 g/mol. The number of thioether (sulfide) groups is 1. The number of amides is 2. The highest BCUT2D eigenvalue weighted by Gasteiger charge is 2.66. The maximum absolute atomic E-state index is 13.4. The van der Waals surface area contributed by atoms with Crippen LogP contribution in [0.25, 0.3) is 0 Å². The number of hydrogen-bond acceptors (Lipinski definition) is 8. The number of alkyl halides is 6. The Morgan fingerprint density at radius 2 is 1.65 bits per heavy atom. The first kappa shape index (κ1) is 30.4. The molecule has 0 radical (unpaired) electrons. The van der Waals surface area contributed by atoms with Gasteiger partial charge in [-0.2, -0.15) is 0 Å². The van der Waals surface area contributed by atoms with Crippen molar-refractivity contribution >= 4 is 111 Å². The Kier molecular flexibility index (Phi) is 9.50. The van der Waals surface area contributed by atoms with Crippen LogP contribution < -0.4 is 10.6 Å². The number of nitrogens with two attached hydrogens (primary N) is 1. The number of anilines is 1. The standard InChI is InChI=1S/C21H19Cl6N3O6S/c1-11-8-37-17-21(28,16(33)30(17)14(11)15(32)35-9-19(22,23)24)13(31)7-29(12-5-3-2-4-6-12)18(34)36-10-20(25,26)27/h2-6,17H,7-10,28H2,1H3/t17-,21?/m0/s1. The van der Waals surface area contributed by atoms with E-state index in [0.717, 1.165) is 9.80 Å². The molecule has 1 aromatic rings. The Labute approximate surface area is 246 Å². The summed E-state index contributed by atoms with van der Waals surface area (Å²) in [6.45, 7) is -0.150. The SMILES string of the molecule is CC1=C(C(=O)OCC(Cl)(Cl)Cl)N2C(=O)C(N)(C(=O)CN(C(=O)OCC(Cl)(Cl)Cl)c3ccccc3)[C@@H]2SC1. The fourth-order valence-corrected chi connectivity index (χ4v) is 5.28. The van der Waals surface area contributed by atoms with Gasteiger partial charge in [0.2, 0.25) is 7.59 Å². The molecule has 2 amide bonds. The number of esters is 1. The van der Waals surface area contributed by atoms with Crippen LogP contribution in [0.3, 0.4) is 0 Å². The fourth-order valence-electron chi connectivity index (χ4n) is 3.56. The maximum atomic E-state index is 13.4. The lowest BCUT2D eigenvalue weighted by atomic mass is 9.83. The molecule has 0 aromatic heterocycles. The van der Waals surface area contributed by atoms with Crippen molar-refractivity contribution in [2.45, 2.75) is 25.4 Å². The summed E-state index contributed by atoms with van der Waals surface area (Å²) in [5.74, 6) is -2.28. The largest absolute Gasteiger partial charge is 0.456 e. The predicted octanol–water partition coefficient (Wildman–Crippen LogP) is 4.37. The summed E-state index contributed by atoms with van der Waals surface area (Å²) in [4.78, 5) is 54.2. The van der Waals surface area contributed by atoms with Crippen LogP contribution in [0, 0.1) is 0 Å². The molecule has 0 aliphatic carbocycles. The number of carbonyl (C=O) groups is 4. The van der Waals surface area contributed by atoms with Crippen LogP contribution in [-0.4, -0.2) is 72.7 Å². The highest BCUT2D eigenvalue weighted by atomic mass is 35.6. The molecule has 2 aliphatic heterocycles. The number of rotatable bonds is 7. The van der Waals surface area contributed by atoms with Gasteiger partial charge in [-0.25, -0.2) is 9.59 Å². The molecule has 202 valence electrons. The number of para-hydroxylation sites is 1. The predicted molar refractivity (Wildman–Crippen MR) is 144 cm³/mol. The van der Waals surface area contributed by atoms with Crippen LogP contribution >= 0.6 is 81.4 Å². The topological polar surface area (TPSA) is 119 Å². The number of carbonyl (C=O) groups excluding carboxylic acids is 4. The zero-order valence-corrected chi connectivity index (χ0v) is 24.2. The quantitative estimate of drug-likeness (QED) is 0.200. The van der Waals surface area contributed by atoms with Crippen molar-refractivity contribution in [1.29, 1.82) is 0 Å². The van der Waals surface area contributed by atoms with E-state index in [0.29, 0.717) is 5.57 Å². The van der Waals surface area contributed by atoms with Gasteiger partial charge < -0.3 is 15.2 Å². The van der Waals surface area contributed by atoms with Crippen LogP contribution in [0.4, 0.5) is 10.5 Å². The maximum Gasteiger partial charge on any atom is 0.414 e. The number of hydrogen-bond donors (Lipinski definition) is 1. The first-order valence-corrected chi connectivity index (χ1v) is 13.6. The van der Waals surface area contributed by atoms with E-state index in [1.54, 1.807) is 37.3 Å². The first-order valence-electron chi connectivity index (χ1n) is 10.3. The minimum atomic E-state index is -2.05. The van der Waals surface area contributed by atoms with Gasteiger partial charge >= 0.3 is 12.1 Å². The van der Waals surface area contributed by atoms with Crippen LogP contribution in [0.5, 0.6) is 0 Å². The van der Waals surface area contributed by atoms with Crippen LogP contribution in [0.1, 0.15) is 6.92 Å². The summed E-state index contributed by atoms with van der Waals surface area (Å²) < 4.78 is 6.33. The number of ether oxygens (including phenoxy) is 2. The van der Waals surface area contributed by atoms with Crippen molar-refractivity contribution in [3.8, 4) is 0 Å². The van der Waals surface area contributed by atoms with Gasteiger partial charge in [-0.05, 0) is 24.6 Å². The lowest BCUT2D eigenvalue weighted by Crippen LogP contribution is -2.82. The number of nitrogens with zero attached hydrogens (tertiary/aromatic N) is 2. The molecule has 37 heavy (non-hydrogen) atoms. The fraction of sp³-hybridized carbons (Fsp3) is 0.429. The normalized spacial score (nSPS) is 21.7. The van der Waals surface area contributed by atoms with E-state index in [1.165, 1.54) is 11.8 Å². The third-order valence-electron chi connectivity index (χ3n) is 5.27. The molecule has 9 nitrogen and oxygen atoms in total. The molecule has 2 N–H and O–H groups in total. The smallest absolute Gasteiger partial charge is 0.414 e. The molecule has 1 unspecified atom stereocenters. The van der Waals surface area contributed by atoms with Gasteiger partial charge in [0, 0.05) is 11.4 Å². The Bertz CT molecular complexity index is 1130. The van der Waals surface area contributed by atoms with Gasteiger partial charge in [0.15, 0.2) is 11.3 Å². The van der Waals surface area contributed by atoms with Crippen LogP contribution in [0.15, 0.2) is 41.6 Å². The van der Waals surface area contributed by atoms with Crippen molar-refractivity contribution in [2.75, 3.05) is 30.4 Å². The third-order valence-corrected chi connectivity index (χ3v) is 7.42. The number of β-lactam (4-membered cyclic amide) rings is 1. The second kappa shape index (κ2) is 11.6. The minimum absolute atomic E-state index is 0.0844. The number of Topliss-reactive ketones (excluding diaryl/α,β-unsaturated/α-hetero) is 1. The summed E-state index contributed by atoms with van der Waals surface area (Å²) in [6.07, 6.45) is -0.999. The molecule has 2 atom stereocenters. The molecule has 0 saturated carbocycles. The molecular formula is C21H19Cl6N3O6S. The summed E-state index contributed by atoms with van der Waals surface area (Å²) in [6, 6.07) is 8.04. The Balaban J connectivity index is 1.82. The van der Waals surface area contributed by atoms with E-state index in [9.17, 15) is 19.2 Å². The van der Waals surface area contributed by atoms with E-state index < -0.39 is 62.0 Å². The van der Waals surface area contributed by atoms with Crippen molar-refractivity contribution in [1.82, 2.24) is 4.90 Å². The average Bonchev–Trinajstić information content (AvgIpc) is 2.82. The molecule has 2 aliphatic rings. The van der Waals surface area contributed by atoms with Crippen molar-refractivity contribution in [2.24, 2.45) is 5.73 Å². The number of halogens is 6. The van der Waals surface area contributed by atoms with E-state index in [4.69, 9.17) is 84.8 Å². The van der Waals surface area contributed by atoms with Gasteiger partial charge in [0.1, 0.15) is 24.3 Å². The van der Waals surface area contributed by atoms with Gasteiger partial charge in [-0.15, -0.1) is 11.8 Å². The van der Waals surface area contributed by atoms with Crippen molar-refractivity contribution < 1.29 is 28.7 Å². The van der Waals surface area contributed by atoms with Gasteiger partial charge in [-0.1, -0.05) is 87.8 Å². The summed E-state index contributed by atoms with van der Waals surface area (Å²) in [5, 5.41) is -0.943. The number of ketones is 1. The lowest BCUT2D eigenvalue weighted by Gasteiger charge is -2.54. The molecule has 1 saturated heterocycles. The molecule has 0 bridgehead atoms. The van der Waals surface area contributed by atoms with Gasteiger partial charge in [-0.3, -0.25) is 19.4 Å². The molecule has 16 heteroatoms. The zero-order chi connectivity index (χ0) is 27.8. The lowest BCUT2D eigenvalue weighted by molar-refractivity contribution is -0.160. The molecule has 3 rings (SSSR count). The van der Waals surface area contributed by atoms with Crippen molar-refractivity contribution in [3.05, 3.63) is 41.6 Å². The monoisotopic (exact) mass is 651 g/mol. The minimum Gasteiger partial charge on any atom is -0.456 e. The van der Waals surface area contributed by atoms with E-state index in [2.05, 4.69) is 0 Å². The van der Waals surface area contributed by atoms with Gasteiger partial charge in [0.25, 0.3) is 5.91 Å². The second-order valence-electron chi connectivity index (χ2n) is 8.04. The molecule has 2 heterocycles. The Hall–Kier alpha value is -1.11. The highest BCUT2D eigenvalue weighted by Crippen LogP contribution is 2.46. The van der Waals surface area contributed by atoms with Crippen LogP contribution in [0.2, 0.25) is 0 Å². The highest BCUT2D eigenvalue weighted by molar-refractivity contribution is 8.00. The summed E-state index contributed by atoms with van der Waals surface area (Å²) >= 11 is 35.1. The third kappa shape index (κ3) is 6.91. The van der Waals surface area contributed by atoms with E-state index in [-0.39, 0.29) is 17.1 Å². The molecule has 1 fully saturated rings. The number of benzene rings is 1. The average molecular weight is 654 g/mol. The first-order chi connectivity index (χ1) is 17.1. The molecule has 0 spiro atoms. The van der Waals surface area contributed by atoms with Crippen LogP contribution in [-0.2, 0) is 23.9 Å². The Morgan fingerprint density at radius 1 is 1.08 bits per heavy atom. The second-order valence-corrected chi connectivity index (χ2v) is 14.1. The summed E-state index contributed by atoms with van der Waals surface area (Å²) in [7, 11) is 0. The zero-order valence-electron chi connectivity index (χ0n) is 18.9. The number of fused-ring (bicyclic) bond motifs is 1. The van der Waals surface area contributed by atoms with E-state index in [1.807, 2.05) is 0 Å².